The van der Waals surface area contributed by atoms with Crippen LogP contribution in [0, 0.1) is 0 Å². The topological polar surface area (TPSA) is 44.8 Å². The molecule has 1 aliphatic heterocycles. The van der Waals surface area contributed by atoms with Crippen molar-refractivity contribution < 1.29 is 0 Å². The molecule has 4 heteroatoms. The molecule has 0 amide bonds. The fraction of sp³-hybridized carbons (Fsp3) is 0.182. The third-order valence-corrected chi connectivity index (χ3v) is 5.24. The third-order valence-electron chi connectivity index (χ3n) is 5.24. The van der Waals surface area contributed by atoms with Crippen LogP contribution in [0.1, 0.15) is 24.4 Å². The lowest BCUT2D eigenvalue weighted by Crippen LogP contribution is -2.22. The van der Waals surface area contributed by atoms with Gasteiger partial charge in [-0.2, -0.15) is 0 Å². The normalized spacial score (nSPS) is 17.1. The van der Waals surface area contributed by atoms with Crippen LogP contribution >= 0.6 is 0 Å². The van der Waals surface area contributed by atoms with Crippen LogP contribution in [0.5, 0.6) is 0 Å². The molecule has 0 aliphatic carbocycles. The highest BCUT2D eigenvalue weighted by atomic mass is 15.2. The second-order valence-corrected chi connectivity index (χ2v) is 6.79. The maximum Gasteiger partial charge on any atom is 0.0931 e. The lowest BCUT2D eigenvalue weighted by molar-refractivity contribution is 0.720. The Bertz CT molecular complexity index is 1020. The zero-order chi connectivity index (χ0) is 17.3. The quantitative estimate of drug-likeness (QED) is 0.573. The molecule has 0 radical (unpaired) electrons. The lowest BCUT2D eigenvalue weighted by Gasteiger charge is -2.27. The predicted molar refractivity (Wildman–Crippen MR) is 105 cm³/mol. The zero-order valence-corrected chi connectivity index (χ0v) is 14.5. The Hall–Kier alpha value is -3.14. The Balaban J connectivity index is 1.45. The molecule has 1 saturated heterocycles. The molecule has 0 saturated carbocycles. The van der Waals surface area contributed by atoms with Crippen LogP contribution in [0.2, 0.25) is 0 Å². The summed E-state index contributed by atoms with van der Waals surface area (Å²) in [6.45, 7) is 1.09. The first-order chi connectivity index (χ1) is 12.9. The Morgan fingerprint density at radius 3 is 2.73 bits per heavy atom. The van der Waals surface area contributed by atoms with E-state index >= 15 is 0 Å². The van der Waals surface area contributed by atoms with Gasteiger partial charge in [0.1, 0.15) is 0 Å². The number of hydrogen-bond donors (Lipinski definition) is 1. The van der Waals surface area contributed by atoms with Crippen molar-refractivity contribution in [3.8, 4) is 11.3 Å². The molecule has 2 aromatic carbocycles. The van der Waals surface area contributed by atoms with Gasteiger partial charge in [-0.3, -0.25) is 4.98 Å². The van der Waals surface area contributed by atoms with Crippen LogP contribution in [-0.2, 0) is 0 Å². The first kappa shape index (κ1) is 15.1. The van der Waals surface area contributed by atoms with Crippen molar-refractivity contribution >= 4 is 16.7 Å². The van der Waals surface area contributed by atoms with Crippen molar-refractivity contribution in [2.24, 2.45) is 0 Å². The minimum atomic E-state index is 0.420. The molecule has 1 fully saturated rings. The van der Waals surface area contributed by atoms with Crippen molar-refractivity contribution in [3.05, 3.63) is 78.8 Å². The van der Waals surface area contributed by atoms with E-state index in [1.165, 1.54) is 24.1 Å². The van der Waals surface area contributed by atoms with Gasteiger partial charge in [0, 0.05) is 24.0 Å². The summed E-state index contributed by atoms with van der Waals surface area (Å²) in [4.78, 5) is 14.5. The number of anilines is 1. The van der Waals surface area contributed by atoms with Crippen LogP contribution in [0.4, 0.5) is 5.69 Å². The number of H-pyrrole nitrogens is 1. The highest BCUT2D eigenvalue weighted by Gasteiger charge is 2.26. The maximum atomic E-state index is 4.44. The Morgan fingerprint density at radius 2 is 1.88 bits per heavy atom. The summed E-state index contributed by atoms with van der Waals surface area (Å²) in [5, 5.41) is 0. The molecule has 1 N–H and O–H groups in total. The minimum Gasteiger partial charge on any atom is -0.364 e. The van der Waals surface area contributed by atoms with Gasteiger partial charge in [0.15, 0.2) is 0 Å². The van der Waals surface area contributed by atoms with Gasteiger partial charge >= 0.3 is 0 Å². The van der Waals surface area contributed by atoms with Gasteiger partial charge < -0.3 is 9.88 Å². The fourth-order valence-corrected chi connectivity index (χ4v) is 3.94. The molecule has 0 bridgehead atoms. The van der Waals surface area contributed by atoms with Crippen LogP contribution in [0.3, 0.4) is 0 Å². The van der Waals surface area contributed by atoms with Gasteiger partial charge in [0.25, 0.3) is 0 Å². The van der Waals surface area contributed by atoms with E-state index in [9.17, 15) is 0 Å². The van der Waals surface area contributed by atoms with Crippen molar-refractivity contribution in [1.82, 2.24) is 15.0 Å². The molecule has 5 rings (SSSR count). The molecular formula is C22H20N4. The van der Waals surface area contributed by atoms with Crippen LogP contribution < -0.4 is 4.90 Å². The number of rotatable bonds is 3. The number of nitrogens with zero attached hydrogens (tertiary/aromatic N) is 3. The second kappa shape index (κ2) is 6.30. The standard InChI is InChI=1S/C22H20N4/c1-2-12-23-19(4-1)16-6-9-18(10-7-16)26-13-3-5-22(26)17-8-11-20-21(14-17)25-15-24-20/h1-2,4,6-12,14-15,22H,3,5,13H2,(H,24,25). The highest BCUT2D eigenvalue weighted by molar-refractivity contribution is 5.75. The van der Waals surface area contributed by atoms with Gasteiger partial charge in [0.2, 0.25) is 0 Å². The Labute approximate surface area is 152 Å². The largest absolute Gasteiger partial charge is 0.364 e. The third kappa shape index (κ3) is 2.64. The van der Waals surface area contributed by atoms with Crippen LogP contribution in [0.25, 0.3) is 22.3 Å². The summed E-state index contributed by atoms with van der Waals surface area (Å²) in [5.74, 6) is 0. The molecule has 4 nitrogen and oxygen atoms in total. The van der Waals surface area contributed by atoms with E-state index in [1.54, 1.807) is 6.33 Å². The van der Waals surface area contributed by atoms with E-state index in [-0.39, 0.29) is 0 Å². The van der Waals surface area contributed by atoms with Crippen molar-refractivity contribution in [2.75, 3.05) is 11.4 Å². The molecule has 1 aliphatic rings. The number of aromatic amines is 1. The lowest BCUT2D eigenvalue weighted by atomic mass is 10.0. The average Bonchev–Trinajstić information content (AvgIpc) is 3.37. The van der Waals surface area contributed by atoms with E-state index in [1.807, 2.05) is 24.4 Å². The maximum absolute atomic E-state index is 4.44. The number of benzene rings is 2. The summed E-state index contributed by atoms with van der Waals surface area (Å²) in [6.07, 6.45) is 6.00. The second-order valence-electron chi connectivity index (χ2n) is 6.79. The van der Waals surface area contributed by atoms with E-state index in [0.717, 1.165) is 28.8 Å². The number of hydrogen-bond acceptors (Lipinski definition) is 3. The molecule has 2 aromatic heterocycles. The number of imidazole rings is 1. The summed E-state index contributed by atoms with van der Waals surface area (Å²) in [5.41, 5.74) is 6.94. The average molecular weight is 340 g/mol. The van der Waals surface area contributed by atoms with E-state index in [2.05, 4.69) is 62.3 Å². The first-order valence-electron chi connectivity index (χ1n) is 9.10. The monoisotopic (exact) mass is 340 g/mol. The van der Waals surface area contributed by atoms with Crippen molar-refractivity contribution in [3.63, 3.8) is 0 Å². The zero-order valence-electron chi connectivity index (χ0n) is 14.5. The van der Waals surface area contributed by atoms with Gasteiger partial charge in [-0.25, -0.2) is 4.98 Å². The summed E-state index contributed by atoms with van der Waals surface area (Å²) in [7, 11) is 0. The molecular weight excluding hydrogens is 320 g/mol. The van der Waals surface area contributed by atoms with E-state index < -0.39 is 0 Å². The molecule has 26 heavy (non-hydrogen) atoms. The van der Waals surface area contributed by atoms with E-state index in [4.69, 9.17) is 0 Å². The van der Waals surface area contributed by atoms with Gasteiger partial charge in [0.05, 0.1) is 29.1 Å². The van der Waals surface area contributed by atoms with Crippen molar-refractivity contribution in [2.45, 2.75) is 18.9 Å². The first-order valence-corrected chi connectivity index (χ1v) is 9.10. The van der Waals surface area contributed by atoms with Crippen LogP contribution in [-0.4, -0.2) is 21.5 Å². The molecule has 1 atom stereocenters. The fourth-order valence-electron chi connectivity index (χ4n) is 3.94. The van der Waals surface area contributed by atoms with Crippen LogP contribution in [0.15, 0.2) is 73.2 Å². The Kier molecular flexibility index (Phi) is 3.67. The molecule has 128 valence electrons. The number of fused-ring (bicyclic) bond motifs is 1. The summed E-state index contributed by atoms with van der Waals surface area (Å²) < 4.78 is 0. The smallest absolute Gasteiger partial charge is 0.0931 e. The minimum absolute atomic E-state index is 0.420. The summed E-state index contributed by atoms with van der Waals surface area (Å²) >= 11 is 0. The highest BCUT2D eigenvalue weighted by Crippen LogP contribution is 2.37. The number of aromatic nitrogens is 3. The molecule has 4 aromatic rings. The van der Waals surface area contributed by atoms with Gasteiger partial charge in [-0.15, -0.1) is 0 Å². The number of nitrogens with one attached hydrogen (secondary N) is 1. The molecule has 3 heterocycles. The Morgan fingerprint density at radius 1 is 0.962 bits per heavy atom. The van der Waals surface area contributed by atoms with E-state index in [0.29, 0.717) is 6.04 Å². The molecule has 0 spiro atoms. The van der Waals surface area contributed by atoms with Gasteiger partial charge in [-0.1, -0.05) is 24.3 Å². The van der Waals surface area contributed by atoms with Crippen molar-refractivity contribution in [1.29, 1.82) is 0 Å². The number of pyridine rings is 1. The predicted octanol–water partition coefficient (Wildman–Crippen LogP) is 4.97. The SMILES string of the molecule is c1ccc(-c2ccc(N3CCCC3c3ccc4nc[nH]c4c3)cc2)nc1. The van der Waals surface area contributed by atoms with Gasteiger partial charge in [-0.05, 0) is 54.8 Å². The molecule has 1 unspecified atom stereocenters. The summed E-state index contributed by atoms with van der Waals surface area (Å²) in [6, 6.07) is 21.8.